The normalized spacial score (nSPS) is 22.9. The molecule has 154 valence electrons. The summed E-state index contributed by atoms with van der Waals surface area (Å²) in [7, 11) is 0. The van der Waals surface area contributed by atoms with Gasteiger partial charge in [0.1, 0.15) is 11.5 Å². The molecule has 0 spiro atoms. The fraction of sp³-hybridized carbons (Fsp3) is 0.333. The van der Waals surface area contributed by atoms with Crippen LogP contribution in [0.4, 0.5) is 10.2 Å². The summed E-state index contributed by atoms with van der Waals surface area (Å²) >= 11 is 3.40. The zero-order chi connectivity index (χ0) is 20.7. The molecule has 0 radical (unpaired) electrons. The van der Waals surface area contributed by atoms with Crippen LogP contribution in [0, 0.1) is 11.7 Å². The fourth-order valence-electron chi connectivity index (χ4n) is 4.61. The number of piperidine rings is 2. The van der Waals surface area contributed by atoms with Crippen LogP contribution < -0.4 is 5.32 Å². The number of aromatic nitrogens is 4. The third-order valence-corrected chi connectivity index (χ3v) is 6.40. The Morgan fingerprint density at radius 2 is 2.00 bits per heavy atom. The minimum Gasteiger partial charge on any atom is -0.365 e. The number of hydrogen-bond acceptors (Lipinski definition) is 5. The minimum atomic E-state index is -0.520. The molecule has 3 aliphatic rings. The number of carbonyl (C=O) groups is 1. The maximum Gasteiger partial charge on any atom is 0.256 e. The molecule has 1 saturated carbocycles. The Morgan fingerprint density at radius 3 is 2.73 bits per heavy atom. The van der Waals surface area contributed by atoms with Crippen molar-refractivity contribution in [2.24, 2.45) is 5.92 Å². The Bertz CT molecular complexity index is 1060. The molecule has 3 fully saturated rings. The summed E-state index contributed by atoms with van der Waals surface area (Å²) in [6.07, 6.45) is 7.68. The first-order valence-corrected chi connectivity index (χ1v) is 10.7. The third kappa shape index (κ3) is 3.47. The zero-order valence-corrected chi connectivity index (χ0v) is 17.7. The van der Waals surface area contributed by atoms with Crippen LogP contribution in [0.15, 0.2) is 53.4 Å². The quantitative estimate of drug-likeness (QED) is 0.629. The number of nitrogens with one attached hydrogen (secondary N) is 1. The van der Waals surface area contributed by atoms with Crippen molar-refractivity contribution in [3.8, 4) is 5.69 Å². The van der Waals surface area contributed by atoms with Crippen molar-refractivity contribution in [1.29, 1.82) is 0 Å². The highest BCUT2D eigenvalue weighted by Gasteiger charge is 2.43. The van der Waals surface area contributed by atoms with Gasteiger partial charge in [-0.1, -0.05) is 6.07 Å². The van der Waals surface area contributed by atoms with Gasteiger partial charge in [0.15, 0.2) is 5.82 Å². The molecule has 1 N–H and O–H groups in total. The van der Waals surface area contributed by atoms with E-state index >= 15 is 0 Å². The molecule has 1 amide bonds. The maximum absolute atomic E-state index is 14.6. The Kier molecular flexibility index (Phi) is 4.98. The lowest BCUT2D eigenvalue weighted by Gasteiger charge is -2.50. The van der Waals surface area contributed by atoms with Crippen molar-refractivity contribution in [3.05, 3.63) is 64.8 Å². The number of nitrogens with zero attached hydrogens (tertiary/aromatic N) is 5. The molecule has 2 bridgehead atoms. The van der Waals surface area contributed by atoms with E-state index in [4.69, 9.17) is 0 Å². The van der Waals surface area contributed by atoms with Gasteiger partial charge < -0.3 is 10.2 Å². The van der Waals surface area contributed by atoms with E-state index in [1.165, 1.54) is 23.3 Å². The highest BCUT2D eigenvalue weighted by Crippen LogP contribution is 2.38. The summed E-state index contributed by atoms with van der Waals surface area (Å²) in [5, 5.41) is 11.6. The van der Waals surface area contributed by atoms with Crippen molar-refractivity contribution in [3.63, 3.8) is 0 Å². The Balaban J connectivity index is 1.44. The number of halogens is 2. The van der Waals surface area contributed by atoms with Crippen molar-refractivity contribution < 1.29 is 9.18 Å². The highest BCUT2D eigenvalue weighted by molar-refractivity contribution is 9.10. The topological polar surface area (TPSA) is 75.9 Å². The largest absolute Gasteiger partial charge is 0.365 e. The molecule has 2 saturated heterocycles. The number of carbonyl (C=O) groups excluding carboxylic acids is 1. The van der Waals surface area contributed by atoms with Gasteiger partial charge in [-0.3, -0.25) is 4.79 Å². The second kappa shape index (κ2) is 7.79. The van der Waals surface area contributed by atoms with E-state index < -0.39 is 5.82 Å². The first kappa shape index (κ1) is 19.2. The predicted molar refractivity (Wildman–Crippen MR) is 113 cm³/mol. The van der Waals surface area contributed by atoms with Gasteiger partial charge in [-0.15, -0.1) is 4.80 Å². The van der Waals surface area contributed by atoms with Gasteiger partial charge in [0, 0.05) is 23.3 Å². The molecular weight excluding hydrogens is 451 g/mol. The SMILES string of the molecule is O=C(c1cccc(F)c1-n1nccn1)N1CC2CCC1C(Nc1ccc(Br)cn1)C2. The third-order valence-electron chi connectivity index (χ3n) is 5.94. The monoisotopic (exact) mass is 470 g/mol. The summed E-state index contributed by atoms with van der Waals surface area (Å²) < 4.78 is 15.5. The number of pyridine rings is 1. The molecule has 9 heteroatoms. The average Bonchev–Trinajstić information content (AvgIpc) is 3.29. The Morgan fingerprint density at radius 1 is 1.17 bits per heavy atom. The molecular formula is C21H20BrFN6O. The van der Waals surface area contributed by atoms with Crippen LogP contribution in [0.2, 0.25) is 0 Å². The van der Waals surface area contributed by atoms with Gasteiger partial charge in [0.05, 0.1) is 24.0 Å². The second-order valence-corrected chi connectivity index (χ2v) is 8.69. The summed E-state index contributed by atoms with van der Waals surface area (Å²) in [6, 6.07) is 8.51. The summed E-state index contributed by atoms with van der Waals surface area (Å²) in [5.41, 5.74) is 0.368. The summed E-state index contributed by atoms with van der Waals surface area (Å²) in [5.74, 6) is 0.488. The van der Waals surface area contributed by atoms with Crippen LogP contribution in [-0.2, 0) is 0 Å². The molecule has 1 aliphatic carbocycles. The smallest absolute Gasteiger partial charge is 0.256 e. The molecule has 3 unspecified atom stereocenters. The van der Waals surface area contributed by atoms with E-state index in [1.807, 2.05) is 17.0 Å². The first-order valence-electron chi connectivity index (χ1n) is 9.94. The molecule has 3 aromatic rings. The fourth-order valence-corrected chi connectivity index (χ4v) is 4.85. The van der Waals surface area contributed by atoms with Crippen molar-refractivity contribution in [1.82, 2.24) is 24.9 Å². The molecule has 2 aromatic heterocycles. The van der Waals surface area contributed by atoms with Gasteiger partial charge in [0.2, 0.25) is 0 Å². The van der Waals surface area contributed by atoms with Crippen LogP contribution >= 0.6 is 15.9 Å². The lowest BCUT2D eigenvalue weighted by molar-refractivity contribution is 0.0281. The van der Waals surface area contributed by atoms with Crippen molar-refractivity contribution in [2.75, 3.05) is 11.9 Å². The summed E-state index contributed by atoms with van der Waals surface area (Å²) in [6.45, 7) is 0.679. The van der Waals surface area contributed by atoms with Crippen LogP contribution in [0.5, 0.6) is 0 Å². The number of hydrogen-bond donors (Lipinski definition) is 1. The van der Waals surface area contributed by atoms with Gasteiger partial charge in [-0.25, -0.2) is 9.37 Å². The molecule has 7 nitrogen and oxygen atoms in total. The first-order chi connectivity index (χ1) is 14.6. The van der Waals surface area contributed by atoms with Gasteiger partial charge in [-0.2, -0.15) is 10.2 Å². The lowest BCUT2D eigenvalue weighted by atomic mass is 9.76. The number of fused-ring (bicyclic) bond motifs is 3. The van der Waals surface area contributed by atoms with Gasteiger partial charge >= 0.3 is 0 Å². The van der Waals surface area contributed by atoms with Gasteiger partial charge in [-0.05, 0) is 65.4 Å². The van der Waals surface area contributed by atoms with Crippen LogP contribution in [-0.4, -0.2) is 49.4 Å². The number of anilines is 1. The summed E-state index contributed by atoms with van der Waals surface area (Å²) in [4.78, 5) is 21.0. The molecule has 4 heterocycles. The van der Waals surface area contributed by atoms with E-state index in [2.05, 4.69) is 36.4 Å². The van der Waals surface area contributed by atoms with E-state index in [0.29, 0.717) is 12.5 Å². The lowest BCUT2D eigenvalue weighted by Crippen LogP contribution is -2.59. The molecule has 2 aliphatic heterocycles. The number of benzene rings is 1. The molecule has 3 atom stereocenters. The van der Waals surface area contributed by atoms with Crippen LogP contribution in [0.3, 0.4) is 0 Å². The van der Waals surface area contributed by atoms with E-state index in [-0.39, 0.29) is 29.2 Å². The van der Waals surface area contributed by atoms with E-state index in [0.717, 1.165) is 29.6 Å². The number of rotatable bonds is 4. The Hall–Kier alpha value is -2.81. The molecule has 1 aromatic carbocycles. The standard InChI is InChI=1S/C21H20BrFN6O/c22-14-5-7-19(24-11-14)27-17-10-13-4-6-18(17)28(12-13)21(30)15-2-1-3-16(23)20(15)29-25-8-9-26-29/h1-3,5,7-9,11,13,17-18H,4,6,10,12H2,(H,24,27). The highest BCUT2D eigenvalue weighted by atomic mass is 79.9. The zero-order valence-electron chi connectivity index (χ0n) is 16.1. The predicted octanol–water partition coefficient (Wildman–Crippen LogP) is 3.67. The van der Waals surface area contributed by atoms with Gasteiger partial charge in [0.25, 0.3) is 5.91 Å². The second-order valence-electron chi connectivity index (χ2n) is 7.77. The number of para-hydroxylation sites is 1. The van der Waals surface area contributed by atoms with E-state index in [1.54, 1.807) is 18.3 Å². The number of amides is 1. The maximum atomic E-state index is 14.6. The van der Waals surface area contributed by atoms with Crippen molar-refractivity contribution in [2.45, 2.75) is 31.3 Å². The van der Waals surface area contributed by atoms with Crippen LogP contribution in [0.25, 0.3) is 5.69 Å². The Labute approximate surface area is 181 Å². The molecule has 30 heavy (non-hydrogen) atoms. The molecule has 6 rings (SSSR count). The average molecular weight is 471 g/mol. The van der Waals surface area contributed by atoms with Crippen LogP contribution in [0.1, 0.15) is 29.6 Å². The minimum absolute atomic E-state index is 0.0228. The van der Waals surface area contributed by atoms with E-state index in [9.17, 15) is 9.18 Å². The van der Waals surface area contributed by atoms with Crippen molar-refractivity contribution >= 4 is 27.7 Å².